The Morgan fingerprint density at radius 3 is 2.76 bits per heavy atom. The first-order valence-corrected chi connectivity index (χ1v) is 7.12. The van der Waals surface area contributed by atoms with Crippen molar-refractivity contribution in [3.8, 4) is 0 Å². The van der Waals surface area contributed by atoms with Gasteiger partial charge >= 0.3 is 0 Å². The molecule has 1 aromatic heterocycles. The van der Waals surface area contributed by atoms with Gasteiger partial charge in [0.1, 0.15) is 0 Å². The summed E-state index contributed by atoms with van der Waals surface area (Å²) in [7, 11) is -1.01. The third kappa shape index (κ3) is 2.12. The standard InChI is InChI=1S/C12H15N3OS/c16-17(9-5-7-13-8-6-9)12-14-10-3-1-2-4-11(10)15-12/h1-4,9,13H,5-8H2,(H,14,15)/t17-/m1/s1. The van der Waals surface area contributed by atoms with E-state index in [1.165, 1.54) is 0 Å². The molecule has 1 aromatic carbocycles. The molecule has 0 saturated carbocycles. The second kappa shape index (κ2) is 4.58. The summed E-state index contributed by atoms with van der Waals surface area (Å²) in [6.07, 6.45) is 1.92. The van der Waals surface area contributed by atoms with Crippen LogP contribution < -0.4 is 5.32 Å². The molecule has 0 bridgehead atoms. The van der Waals surface area contributed by atoms with Crippen LogP contribution in [0.4, 0.5) is 0 Å². The second-order valence-corrected chi connectivity index (χ2v) is 5.95. The summed E-state index contributed by atoms with van der Waals surface area (Å²) < 4.78 is 12.4. The van der Waals surface area contributed by atoms with Crippen LogP contribution in [0.2, 0.25) is 0 Å². The lowest BCUT2D eigenvalue weighted by atomic mass is 10.2. The van der Waals surface area contributed by atoms with E-state index < -0.39 is 10.8 Å². The van der Waals surface area contributed by atoms with Gasteiger partial charge in [0.25, 0.3) is 0 Å². The Morgan fingerprint density at radius 1 is 1.24 bits per heavy atom. The van der Waals surface area contributed by atoms with E-state index in [1.54, 1.807) is 0 Å². The van der Waals surface area contributed by atoms with Gasteiger partial charge in [0.15, 0.2) is 5.16 Å². The van der Waals surface area contributed by atoms with Gasteiger partial charge in [-0.3, -0.25) is 4.21 Å². The quantitative estimate of drug-likeness (QED) is 0.846. The summed E-state index contributed by atoms with van der Waals surface area (Å²) in [5.41, 5.74) is 1.86. The minimum atomic E-state index is -1.01. The molecule has 3 rings (SSSR count). The second-order valence-electron chi connectivity index (χ2n) is 4.31. The van der Waals surface area contributed by atoms with Crippen molar-refractivity contribution in [1.82, 2.24) is 15.3 Å². The smallest absolute Gasteiger partial charge is 0.197 e. The molecule has 17 heavy (non-hydrogen) atoms. The summed E-state index contributed by atoms with van der Waals surface area (Å²) in [6, 6.07) is 7.80. The molecule has 0 radical (unpaired) electrons. The number of para-hydroxylation sites is 2. The molecule has 2 aromatic rings. The number of hydrogen-bond acceptors (Lipinski definition) is 3. The molecule has 4 nitrogen and oxygen atoms in total. The van der Waals surface area contributed by atoms with Crippen LogP contribution in [0.1, 0.15) is 12.8 Å². The van der Waals surface area contributed by atoms with Crippen LogP contribution in [0.25, 0.3) is 11.0 Å². The van der Waals surface area contributed by atoms with Crippen molar-refractivity contribution in [2.45, 2.75) is 23.2 Å². The monoisotopic (exact) mass is 249 g/mol. The molecule has 2 N–H and O–H groups in total. The zero-order valence-corrected chi connectivity index (χ0v) is 10.3. The van der Waals surface area contributed by atoms with Gasteiger partial charge < -0.3 is 10.3 Å². The number of fused-ring (bicyclic) bond motifs is 1. The number of nitrogens with one attached hydrogen (secondary N) is 2. The Bertz CT molecular complexity index is 512. The minimum absolute atomic E-state index is 0.233. The van der Waals surface area contributed by atoms with E-state index in [0.717, 1.165) is 37.0 Å². The molecule has 1 atom stereocenters. The van der Waals surface area contributed by atoms with Crippen molar-refractivity contribution in [2.24, 2.45) is 0 Å². The van der Waals surface area contributed by atoms with Gasteiger partial charge in [-0.15, -0.1) is 0 Å². The molecular weight excluding hydrogens is 234 g/mol. The first-order valence-electron chi connectivity index (χ1n) is 5.90. The van der Waals surface area contributed by atoms with Crippen LogP contribution in [-0.4, -0.2) is 32.5 Å². The normalized spacial score (nSPS) is 19.5. The van der Waals surface area contributed by atoms with Crippen LogP contribution in [0.15, 0.2) is 29.4 Å². The number of aromatic amines is 1. The Balaban J connectivity index is 1.89. The van der Waals surface area contributed by atoms with E-state index in [1.807, 2.05) is 24.3 Å². The van der Waals surface area contributed by atoms with E-state index in [0.29, 0.717) is 5.16 Å². The molecule has 1 aliphatic rings. The van der Waals surface area contributed by atoms with Gasteiger partial charge in [0, 0.05) is 5.25 Å². The van der Waals surface area contributed by atoms with Crippen LogP contribution in [0, 0.1) is 0 Å². The Labute approximate surface area is 102 Å². The van der Waals surface area contributed by atoms with E-state index in [-0.39, 0.29) is 5.25 Å². The number of nitrogens with zero attached hydrogens (tertiary/aromatic N) is 1. The highest BCUT2D eigenvalue weighted by atomic mass is 32.2. The molecule has 0 amide bonds. The molecule has 0 unspecified atom stereocenters. The summed E-state index contributed by atoms with van der Waals surface area (Å²) in [6.45, 7) is 1.91. The largest absolute Gasteiger partial charge is 0.331 e. The predicted octanol–water partition coefficient (Wildman–Crippen LogP) is 1.42. The van der Waals surface area contributed by atoms with Gasteiger partial charge in [0.05, 0.1) is 21.8 Å². The highest BCUT2D eigenvalue weighted by Gasteiger charge is 2.23. The first-order chi connectivity index (χ1) is 8.34. The SMILES string of the molecule is O=[S@@](c1nc2ccccc2[nH]1)C1CCNCC1. The lowest BCUT2D eigenvalue weighted by Gasteiger charge is -2.20. The number of rotatable bonds is 2. The molecule has 0 aliphatic carbocycles. The van der Waals surface area contributed by atoms with Crippen LogP contribution in [0.3, 0.4) is 0 Å². The summed E-state index contributed by atoms with van der Waals surface area (Å²) in [5.74, 6) is 0. The average Bonchev–Trinajstić information content (AvgIpc) is 2.82. The van der Waals surface area contributed by atoms with Gasteiger partial charge in [-0.25, -0.2) is 4.98 Å². The van der Waals surface area contributed by atoms with Crippen molar-refractivity contribution in [3.05, 3.63) is 24.3 Å². The molecular formula is C12H15N3OS. The maximum atomic E-state index is 12.4. The lowest BCUT2D eigenvalue weighted by molar-refractivity contribution is 0.518. The maximum absolute atomic E-state index is 12.4. The van der Waals surface area contributed by atoms with Gasteiger partial charge in [-0.2, -0.15) is 0 Å². The Kier molecular flexibility index (Phi) is 2.94. The van der Waals surface area contributed by atoms with Crippen LogP contribution >= 0.6 is 0 Å². The van der Waals surface area contributed by atoms with Crippen molar-refractivity contribution in [1.29, 1.82) is 0 Å². The molecule has 1 fully saturated rings. The van der Waals surface area contributed by atoms with E-state index in [4.69, 9.17) is 0 Å². The summed E-state index contributed by atoms with van der Waals surface area (Å²) in [5, 5.41) is 4.14. The highest BCUT2D eigenvalue weighted by Crippen LogP contribution is 2.19. The third-order valence-electron chi connectivity index (χ3n) is 3.15. The zero-order valence-electron chi connectivity index (χ0n) is 9.48. The molecule has 90 valence electrons. The minimum Gasteiger partial charge on any atom is -0.331 e. The first kappa shape index (κ1) is 10.9. The maximum Gasteiger partial charge on any atom is 0.197 e. The predicted molar refractivity (Wildman–Crippen MR) is 68.4 cm³/mol. The van der Waals surface area contributed by atoms with E-state index in [9.17, 15) is 4.21 Å². The van der Waals surface area contributed by atoms with Crippen molar-refractivity contribution < 1.29 is 4.21 Å². The van der Waals surface area contributed by atoms with E-state index >= 15 is 0 Å². The number of H-pyrrole nitrogens is 1. The number of benzene rings is 1. The molecule has 1 aliphatic heterocycles. The molecule has 5 heteroatoms. The number of piperidine rings is 1. The molecule has 0 spiro atoms. The van der Waals surface area contributed by atoms with Crippen LogP contribution in [0.5, 0.6) is 0 Å². The topological polar surface area (TPSA) is 57.8 Å². The van der Waals surface area contributed by atoms with Crippen LogP contribution in [-0.2, 0) is 10.8 Å². The average molecular weight is 249 g/mol. The summed E-state index contributed by atoms with van der Waals surface area (Å²) >= 11 is 0. The number of hydrogen-bond donors (Lipinski definition) is 2. The van der Waals surface area contributed by atoms with E-state index in [2.05, 4.69) is 15.3 Å². The Morgan fingerprint density at radius 2 is 2.00 bits per heavy atom. The zero-order chi connectivity index (χ0) is 11.7. The molecule has 1 saturated heterocycles. The van der Waals surface area contributed by atoms with Gasteiger partial charge in [-0.1, -0.05) is 12.1 Å². The molecule has 2 heterocycles. The summed E-state index contributed by atoms with van der Waals surface area (Å²) in [4.78, 5) is 7.57. The van der Waals surface area contributed by atoms with Gasteiger partial charge in [-0.05, 0) is 38.1 Å². The third-order valence-corrected chi connectivity index (χ3v) is 4.80. The van der Waals surface area contributed by atoms with Gasteiger partial charge in [0.2, 0.25) is 0 Å². The Hall–Kier alpha value is -1.20. The van der Waals surface area contributed by atoms with Crippen molar-refractivity contribution in [2.75, 3.05) is 13.1 Å². The lowest BCUT2D eigenvalue weighted by Crippen LogP contribution is -2.33. The van der Waals surface area contributed by atoms with Crippen molar-refractivity contribution >= 4 is 21.8 Å². The van der Waals surface area contributed by atoms with Crippen molar-refractivity contribution in [3.63, 3.8) is 0 Å². The number of aromatic nitrogens is 2. The fourth-order valence-corrected chi connectivity index (χ4v) is 3.57. The fourth-order valence-electron chi connectivity index (χ4n) is 2.19. The number of imidazole rings is 1. The highest BCUT2D eigenvalue weighted by molar-refractivity contribution is 7.85. The fraction of sp³-hybridized carbons (Fsp3) is 0.417.